The molecule has 0 aliphatic carbocycles. The lowest BCUT2D eigenvalue weighted by molar-refractivity contribution is 0.561. The molecule has 0 aliphatic heterocycles. The maximum absolute atomic E-state index is 13.9. The monoisotopic (exact) mass is 546 g/mol. The fourth-order valence-electron chi connectivity index (χ4n) is 3.84. The third-order valence-electron chi connectivity index (χ3n) is 5.51. The van der Waals surface area contributed by atoms with Crippen LogP contribution in [0.1, 0.15) is 18.8 Å². The molecule has 5 aromatic rings. The SMILES string of the molecule is CC(NS(=O)(=O)c1cc(Cl)c(Nc2nc3ccc(F)cc3c3c(=O)[nH]ccc23)c(Cl)c1)c1ncc[nH]1. The number of aromatic amines is 2. The summed E-state index contributed by atoms with van der Waals surface area (Å²) in [7, 11) is -4.00. The fraction of sp³-hybridized carbons (Fsp3) is 0.0870. The molecule has 9 nitrogen and oxygen atoms in total. The van der Waals surface area contributed by atoms with Gasteiger partial charge in [0.25, 0.3) is 5.56 Å². The molecule has 1 atom stereocenters. The molecule has 3 aromatic heterocycles. The Bertz CT molecular complexity index is 1770. The average molecular weight is 547 g/mol. The molecule has 184 valence electrons. The van der Waals surface area contributed by atoms with Gasteiger partial charge in [-0.05, 0) is 43.3 Å². The summed E-state index contributed by atoms with van der Waals surface area (Å²) < 4.78 is 42.3. The highest BCUT2D eigenvalue weighted by Gasteiger charge is 2.23. The van der Waals surface area contributed by atoms with Crippen LogP contribution in [0.2, 0.25) is 10.0 Å². The van der Waals surface area contributed by atoms with Crippen molar-refractivity contribution in [1.82, 2.24) is 24.7 Å². The summed E-state index contributed by atoms with van der Waals surface area (Å²) >= 11 is 12.9. The maximum Gasteiger partial charge on any atom is 0.256 e. The largest absolute Gasteiger partial charge is 0.347 e. The van der Waals surface area contributed by atoms with Crippen LogP contribution in [0.25, 0.3) is 21.7 Å². The third-order valence-corrected chi connectivity index (χ3v) is 7.62. The minimum Gasteiger partial charge on any atom is -0.347 e. The third kappa shape index (κ3) is 4.42. The van der Waals surface area contributed by atoms with Crippen LogP contribution in [0.15, 0.2) is 64.7 Å². The first-order valence-electron chi connectivity index (χ1n) is 10.5. The van der Waals surface area contributed by atoms with Gasteiger partial charge < -0.3 is 15.3 Å². The molecule has 0 fully saturated rings. The molecule has 4 N–H and O–H groups in total. The molecule has 0 amide bonds. The second-order valence-electron chi connectivity index (χ2n) is 7.92. The van der Waals surface area contributed by atoms with Crippen molar-refractivity contribution >= 4 is 66.4 Å². The van der Waals surface area contributed by atoms with Crippen molar-refractivity contribution in [3.8, 4) is 0 Å². The molecular formula is C23H17Cl2FN6O3S. The summed E-state index contributed by atoms with van der Waals surface area (Å²) in [6, 6.07) is 7.40. The Balaban J connectivity index is 1.56. The summed E-state index contributed by atoms with van der Waals surface area (Å²) in [5, 5.41) is 3.99. The predicted molar refractivity (Wildman–Crippen MR) is 137 cm³/mol. The van der Waals surface area contributed by atoms with Gasteiger partial charge in [-0.3, -0.25) is 4.79 Å². The Labute approximate surface area is 213 Å². The molecule has 13 heteroatoms. The van der Waals surface area contributed by atoms with Gasteiger partial charge in [0.2, 0.25) is 10.0 Å². The van der Waals surface area contributed by atoms with Crippen molar-refractivity contribution in [3.63, 3.8) is 0 Å². The van der Waals surface area contributed by atoms with E-state index >= 15 is 0 Å². The number of imidazole rings is 1. The molecule has 0 bridgehead atoms. The highest BCUT2D eigenvalue weighted by molar-refractivity contribution is 7.89. The van der Waals surface area contributed by atoms with E-state index in [2.05, 4.69) is 30.0 Å². The van der Waals surface area contributed by atoms with Crippen molar-refractivity contribution in [2.45, 2.75) is 17.9 Å². The lowest BCUT2D eigenvalue weighted by Gasteiger charge is -2.16. The molecule has 1 unspecified atom stereocenters. The van der Waals surface area contributed by atoms with Crippen LogP contribution in [-0.2, 0) is 10.0 Å². The number of fused-ring (bicyclic) bond motifs is 3. The fourth-order valence-corrected chi connectivity index (χ4v) is 5.81. The van der Waals surface area contributed by atoms with Gasteiger partial charge in [-0.25, -0.2) is 27.5 Å². The van der Waals surface area contributed by atoms with Crippen LogP contribution in [0.4, 0.5) is 15.9 Å². The summed E-state index contributed by atoms with van der Waals surface area (Å²) in [5.41, 5.74) is 0.126. The Morgan fingerprint density at radius 1 is 1.03 bits per heavy atom. The van der Waals surface area contributed by atoms with Crippen LogP contribution in [0.3, 0.4) is 0 Å². The molecule has 5 rings (SSSR count). The van der Waals surface area contributed by atoms with Crippen LogP contribution < -0.4 is 15.6 Å². The second kappa shape index (κ2) is 9.17. The van der Waals surface area contributed by atoms with Gasteiger partial charge in [-0.1, -0.05) is 23.2 Å². The van der Waals surface area contributed by atoms with Crippen LogP contribution in [-0.4, -0.2) is 28.4 Å². The highest BCUT2D eigenvalue weighted by Crippen LogP contribution is 2.37. The first-order chi connectivity index (χ1) is 17.1. The molecule has 0 aliphatic rings. The van der Waals surface area contributed by atoms with E-state index in [1.807, 2.05) is 0 Å². The topological polar surface area (TPSA) is 133 Å². The molecule has 0 radical (unpaired) electrons. The van der Waals surface area contributed by atoms with Gasteiger partial charge in [-0.2, -0.15) is 0 Å². The smallest absolute Gasteiger partial charge is 0.256 e. The van der Waals surface area contributed by atoms with Crippen molar-refractivity contribution in [2.75, 3.05) is 5.32 Å². The van der Waals surface area contributed by atoms with E-state index in [1.54, 1.807) is 19.2 Å². The first-order valence-corrected chi connectivity index (χ1v) is 12.8. The quantitative estimate of drug-likeness (QED) is 0.221. The Morgan fingerprint density at radius 3 is 2.47 bits per heavy atom. The first kappa shape index (κ1) is 24.2. The Kier molecular flexibility index (Phi) is 6.17. The molecule has 2 aromatic carbocycles. The zero-order valence-corrected chi connectivity index (χ0v) is 20.8. The molecule has 3 heterocycles. The lowest BCUT2D eigenvalue weighted by Crippen LogP contribution is -2.27. The van der Waals surface area contributed by atoms with E-state index in [4.69, 9.17) is 23.2 Å². The Hall–Kier alpha value is -3.51. The minimum absolute atomic E-state index is 0.00696. The van der Waals surface area contributed by atoms with E-state index in [9.17, 15) is 17.6 Å². The summed E-state index contributed by atoms with van der Waals surface area (Å²) in [5.74, 6) is 0.171. The lowest BCUT2D eigenvalue weighted by atomic mass is 10.1. The molecular weight excluding hydrogens is 530 g/mol. The van der Waals surface area contributed by atoms with E-state index < -0.39 is 27.4 Å². The number of nitrogens with zero attached hydrogens (tertiary/aromatic N) is 2. The predicted octanol–water partition coefficient (Wildman–Crippen LogP) is 5.03. The number of sulfonamides is 1. The zero-order valence-electron chi connectivity index (χ0n) is 18.4. The molecule has 0 saturated carbocycles. The number of pyridine rings is 2. The summed E-state index contributed by atoms with van der Waals surface area (Å²) in [6.07, 6.45) is 4.54. The van der Waals surface area contributed by atoms with Crippen molar-refractivity contribution in [1.29, 1.82) is 0 Å². The average Bonchev–Trinajstić information content (AvgIpc) is 3.36. The number of H-pyrrole nitrogens is 2. The van der Waals surface area contributed by atoms with Gasteiger partial charge in [0.05, 0.1) is 37.6 Å². The summed E-state index contributed by atoms with van der Waals surface area (Å²) in [6.45, 7) is 1.64. The van der Waals surface area contributed by atoms with E-state index in [0.29, 0.717) is 22.1 Å². The number of nitrogens with one attached hydrogen (secondary N) is 4. The Morgan fingerprint density at radius 2 is 1.78 bits per heavy atom. The number of rotatable bonds is 6. The van der Waals surface area contributed by atoms with Crippen LogP contribution in [0.5, 0.6) is 0 Å². The van der Waals surface area contributed by atoms with Crippen molar-refractivity contribution < 1.29 is 12.8 Å². The van der Waals surface area contributed by atoms with Gasteiger partial charge in [0.15, 0.2) is 0 Å². The number of anilines is 2. The number of halogens is 3. The van der Waals surface area contributed by atoms with Crippen LogP contribution >= 0.6 is 23.2 Å². The van der Waals surface area contributed by atoms with Crippen molar-refractivity contribution in [3.05, 3.63) is 87.0 Å². The summed E-state index contributed by atoms with van der Waals surface area (Å²) in [4.78, 5) is 26.5. The van der Waals surface area contributed by atoms with Gasteiger partial charge >= 0.3 is 0 Å². The second-order valence-corrected chi connectivity index (χ2v) is 10.5. The van der Waals surface area contributed by atoms with Gasteiger partial charge in [0.1, 0.15) is 17.5 Å². The highest BCUT2D eigenvalue weighted by atomic mass is 35.5. The molecule has 36 heavy (non-hydrogen) atoms. The molecule has 0 saturated heterocycles. The zero-order chi connectivity index (χ0) is 25.6. The molecule has 0 spiro atoms. The van der Waals surface area contributed by atoms with Gasteiger partial charge in [-0.15, -0.1) is 0 Å². The minimum atomic E-state index is -4.00. The number of aromatic nitrogens is 4. The van der Waals surface area contributed by atoms with E-state index in [1.165, 1.54) is 42.7 Å². The number of hydrogen-bond donors (Lipinski definition) is 4. The van der Waals surface area contributed by atoms with Gasteiger partial charge in [0, 0.05) is 29.4 Å². The standard InChI is InChI=1S/C23H17Cl2FN6O3S/c1-11(21-27-6-7-28-21)32-36(34,35)13-9-16(24)20(17(25)10-13)31-22-14-4-5-29-23(33)19(14)15-8-12(26)2-3-18(15)30-22/h2-11,32H,1H3,(H,27,28)(H,29,33)(H,30,31). The maximum atomic E-state index is 13.9. The number of hydrogen-bond acceptors (Lipinski definition) is 6. The van der Waals surface area contributed by atoms with Crippen LogP contribution in [0, 0.1) is 5.82 Å². The van der Waals surface area contributed by atoms with E-state index in [0.717, 1.165) is 0 Å². The van der Waals surface area contributed by atoms with Crippen molar-refractivity contribution in [2.24, 2.45) is 0 Å². The van der Waals surface area contributed by atoms with E-state index in [-0.39, 0.29) is 31.8 Å². The number of benzene rings is 2. The normalized spacial score (nSPS) is 12.8.